The first-order valence-corrected chi connectivity index (χ1v) is 6.11. The van der Waals surface area contributed by atoms with Crippen LogP contribution in [0.2, 0.25) is 0 Å². The Morgan fingerprint density at radius 3 is 2.94 bits per heavy atom. The topological polar surface area (TPSA) is 42.2 Å². The summed E-state index contributed by atoms with van der Waals surface area (Å²) in [6.45, 7) is 1.14. The largest absolute Gasteiger partial charge is 0.347 e. The summed E-state index contributed by atoms with van der Waals surface area (Å²) < 4.78 is 13.0. The number of thiazole rings is 1. The molecule has 3 nitrogen and oxygen atoms in total. The normalized spacial score (nSPS) is 10.5. The quantitative estimate of drug-likeness (QED) is 0.907. The maximum atomic E-state index is 13.0. The number of hydrogen-bond donors (Lipinski definition) is 1. The van der Waals surface area contributed by atoms with E-state index in [1.807, 2.05) is 18.0 Å². The molecule has 0 saturated carbocycles. The fraction of sp³-hybridized carbons (Fsp3) is 0.250. The Labute approximate surface area is 104 Å². The van der Waals surface area contributed by atoms with Gasteiger partial charge in [0.05, 0.1) is 0 Å². The number of benzene rings is 1. The van der Waals surface area contributed by atoms with Gasteiger partial charge < -0.3 is 10.6 Å². The third-order valence-electron chi connectivity index (χ3n) is 2.38. The molecule has 0 aliphatic heterocycles. The number of aromatic nitrogens is 1. The standard InChI is InChI=1S/C12H14FN3S/c1-16(12-15-7-11(6-14)17-12)8-9-3-2-4-10(13)5-9/h2-5,7H,6,8,14H2,1H3. The minimum atomic E-state index is -0.210. The molecule has 0 aliphatic carbocycles. The number of nitrogens with zero attached hydrogens (tertiary/aromatic N) is 2. The lowest BCUT2D eigenvalue weighted by molar-refractivity contribution is 0.625. The van der Waals surface area contributed by atoms with E-state index in [4.69, 9.17) is 5.73 Å². The van der Waals surface area contributed by atoms with Gasteiger partial charge in [0.25, 0.3) is 0 Å². The number of rotatable bonds is 4. The first kappa shape index (κ1) is 12.0. The van der Waals surface area contributed by atoms with Crippen molar-refractivity contribution in [1.29, 1.82) is 0 Å². The van der Waals surface area contributed by atoms with E-state index in [0.717, 1.165) is 15.6 Å². The molecular formula is C12H14FN3S. The molecule has 2 N–H and O–H groups in total. The molecule has 0 amide bonds. The van der Waals surface area contributed by atoms with Gasteiger partial charge in [0.2, 0.25) is 0 Å². The first-order chi connectivity index (χ1) is 8.19. The van der Waals surface area contributed by atoms with Crippen LogP contribution in [0.5, 0.6) is 0 Å². The van der Waals surface area contributed by atoms with Gasteiger partial charge in [0.1, 0.15) is 5.82 Å². The Hall–Kier alpha value is -1.46. The van der Waals surface area contributed by atoms with E-state index in [-0.39, 0.29) is 5.82 Å². The summed E-state index contributed by atoms with van der Waals surface area (Å²) in [6.07, 6.45) is 1.78. The van der Waals surface area contributed by atoms with Crippen LogP contribution in [0.25, 0.3) is 0 Å². The number of nitrogens with two attached hydrogens (primary N) is 1. The summed E-state index contributed by atoms with van der Waals surface area (Å²) >= 11 is 1.56. The summed E-state index contributed by atoms with van der Waals surface area (Å²) in [4.78, 5) is 7.31. The number of hydrogen-bond acceptors (Lipinski definition) is 4. The summed E-state index contributed by atoms with van der Waals surface area (Å²) in [6, 6.07) is 6.59. The SMILES string of the molecule is CN(Cc1cccc(F)c1)c1ncc(CN)s1. The van der Waals surface area contributed by atoms with Crippen molar-refractivity contribution < 1.29 is 4.39 Å². The van der Waals surface area contributed by atoms with Gasteiger partial charge in [0, 0.05) is 31.2 Å². The van der Waals surface area contributed by atoms with Gasteiger partial charge in [-0.2, -0.15) is 0 Å². The van der Waals surface area contributed by atoms with Crippen molar-refractivity contribution in [3.05, 3.63) is 46.7 Å². The minimum absolute atomic E-state index is 0.210. The monoisotopic (exact) mass is 251 g/mol. The Morgan fingerprint density at radius 2 is 2.29 bits per heavy atom. The maximum Gasteiger partial charge on any atom is 0.185 e. The molecule has 0 atom stereocenters. The predicted octanol–water partition coefficient (Wildman–Crippen LogP) is 2.38. The zero-order valence-electron chi connectivity index (χ0n) is 9.56. The molecule has 0 unspecified atom stereocenters. The van der Waals surface area contributed by atoms with Crippen molar-refractivity contribution in [2.24, 2.45) is 5.73 Å². The fourth-order valence-electron chi connectivity index (χ4n) is 1.54. The highest BCUT2D eigenvalue weighted by atomic mass is 32.1. The van der Waals surface area contributed by atoms with Crippen LogP contribution in [0.3, 0.4) is 0 Å². The molecule has 1 aromatic heterocycles. The Kier molecular flexibility index (Phi) is 3.71. The van der Waals surface area contributed by atoms with Crippen molar-refractivity contribution in [3.63, 3.8) is 0 Å². The molecule has 17 heavy (non-hydrogen) atoms. The second-order valence-corrected chi connectivity index (χ2v) is 4.89. The van der Waals surface area contributed by atoms with Crippen LogP contribution >= 0.6 is 11.3 Å². The van der Waals surface area contributed by atoms with Crippen LogP contribution in [-0.2, 0) is 13.1 Å². The molecule has 2 aromatic rings. The molecule has 0 bridgehead atoms. The van der Waals surface area contributed by atoms with Gasteiger partial charge in [-0.25, -0.2) is 9.37 Å². The zero-order valence-corrected chi connectivity index (χ0v) is 10.4. The van der Waals surface area contributed by atoms with Crippen molar-refractivity contribution in [3.8, 4) is 0 Å². The van der Waals surface area contributed by atoms with E-state index in [1.165, 1.54) is 12.1 Å². The number of anilines is 1. The summed E-state index contributed by atoms with van der Waals surface area (Å²) in [5.41, 5.74) is 6.47. The summed E-state index contributed by atoms with van der Waals surface area (Å²) in [5.74, 6) is -0.210. The van der Waals surface area contributed by atoms with Crippen LogP contribution in [-0.4, -0.2) is 12.0 Å². The predicted molar refractivity (Wildman–Crippen MR) is 68.5 cm³/mol. The second-order valence-electron chi connectivity index (χ2n) is 3.80. The smallest absolute Gasteiger partial charge is 0.185 e. The maximum absolute atomic E-state index is 13.0. The van der Waals surface area contributed by atoms with Gasteiger partial charge in [0.15, 0.2) is 5.13 Å². The van der Waals surface area contributed by atoms with E-state index < -0.39 is 0 Å². The van der Waals surface area contributed by atoms with Crippen LogP contribution in [0.4, 0.5) is 9.52 Å². The van der Waals surface area contributed by atoms with Gasteiger partial charge in [-0.1, -0.05) is 12.1 Å². The molecule has 0 aliphatic rings. The molecule has 0 spiro atoms. The minimum Gasteiger partial charge on any atom is -0.347 e. The van der Waals surface area contributed by atoms with Crippen molar-refractivity contribution >= 4 is 16.5 Å². The van der Waals surface area contributed by atoms with Crippen LogP contribution in [0.15, 0.2) is 30.5 Å². The van der Waals surface area contributed by atoms with E-state index in [1.54, 1.807) is 23.6 Å². The Morgan fingerprint density at radius 1 is 1.47 bits per heavy atom. The lowest BCUT2D eigenvalue weighted by atomic mass is 10.2. The van der Waals surface area contributed by atoms with Crippen LogP contribution in [0.1, 0.15) is 10.4 Å². The molecule has 1 heterocycles. The molecule has 1 aromatic carbocycles. The summed E-state index contributed by atoms with van der Waals surface area (Å²) in [5, 5.41) is 0.898. The second kappa shape index (κ2) is 5.25. The van der Waals surface area contributed by atoms with Crippen LogP contribution < -0.4 is 10.6 Å². The highest BCUT2D eigenvalue weighted by Crippen LogP contribution is 2.22. The average Bonchev–Trinajstić information content (AvgIpc) is 2.77. The van der Waals surface area contributed by atoms with E-state index >= 15 is 0 Å². The van der Waals surface area contributed by atoms with E-state index in [9.17, 15) is 4.39 Å². The fourth-order valence-corrected chi connectivity index (χ4v) is 2.29. The molecule has 0 saturated heterocycles. The van der Waals surface area contributed by atoms with E-state index in [0.29, 0.717) is 13.1 Å². The molecule has 90 valence electrons. The lowest BCUT2D eigenvalue weighted by Gasteiger charge is -2.15. The number of halogens is 1. The van der Waals surface area contributed by atoms with Crippen molar-refractivity contribution in [2.45, 2.75) is 13.1 Å². The van der Waals surface area contributed by atoms with Gasteiger partial charge >= 0.3 is 0 Å². The third-order valence-corrected chi connectivity index (χ3v) is 3.51. The van der Waals surface area contributed by atoms with E-state index in [2.05, 4.69) is 4.98 Å². The highest BCUT2D eigenvalue weighted by Gasteiger charge is 2.07. The van der Waals surface area contributed by atoms with Gasteiger partial charge in [-0.3, -0.25) is 0 Å². The molecule has 5 heteroatoms. The van der Waals surface area contributed by atoms with Crippen molar-refractivity contribution in [2.75, 3.05) is 11.9 Å². The third kappa shape index (κ3) is 3.01. The van der Waals surface area contributed by atoms with Crippen LogP contribution in [0, 0.1) is 5.82 Å². The molecular weight excluding hydrogens is 237 g/mol. The molecule has 0 fully saturated rings. The summed E-state index contributed by atoms with van der Waals surface area (Å²) in [7, 11) is 1.93. The first-order valence-electron chi connectivity index (χ1n) is 5.29. The van der Waals surface area contributed by atoms with Crippen molar-refractivity contribution in [1.82, 2.24) is 4.98 Å². The Bertz CT molecular complexity index is 498. The average molecular weight is 251 g/mol. The zero-order chi connectivity index (χ0) is 12.3. The molecule has 2 rings (SSSR count). The Balaban J connectivity index is 2.08. The molecule has 0 radical (unpaired) electrons. The highest BCUT2D eigenvalue weighted by molar-refractivity contribution is 7.15. The lowest BCUT2D eigenvalue weighted by Crippen LogP contribution is -2.15. The van der Waals surface area contributed by atoms with Gasteiger partial charge in [-0.05, 0) is 17.7 Å². The van der Waals surface area contributed by atoms with Gasteiger partial charge in [-0.15, -0.1) is 11.3 Å².